The monoisotopic (exact) mass is 357 g/mol. The highest BCUT2D eigenvalue weighted by molar-refractivity contribution is 6.30. The second-order valence-electron chi connectivity index (χ2n) is 5.78. The number of H-pyrrole nitrogens is 1. The van der Waals surface area contributed by atoms with Gasteiger partial charge in [-0.1, -0.05) is 31.4 Å². The number of aromatic nitrogens is 2. The Morgan fingerprint density at radius 1 is 1.33 bits per heavy atom. The Labute approximate surface area is 141 Å². The summed E-state index contributed by atoms with van der Waals surface area (Å²) in [7, 11) is 0. The Morgan fingerprint density at radius 2 is 2.08 bits per heavy atom. The van der Waals surface area contributed by atoms with E-state index in [-0.39, 0.29) is 34.1 Å². The fraction of sp³-hybridized carbons (Fsp3) is 0.375. The maximum absolute atomic E-state index is 14.3. The lowest BCUT2D eigenvalue weighted by Crippen LogP contribution is -2.48. The van der Waals surface area contributed by atoms with Gasteiger partial charge in [-0.3, -0.25) is 4.79 Å². The molecule has 0 spiro atoms. The zero-order valence-electron chi connectivity index (χ0n) is 12.8. The molecule has 1 atom stereocenters. The van der Waals surface area contributed by atoms with E-state index in [0.717, 1.165) is 6.33 Å². The Morgan fingerprint density at radius 3 is 2.75 bits per heavy atom. The van der Waals surface area contributed by atoms with Crippen LogP contribution in [0.2, 0.25) is 5.02 Å². The number of aromatic amines is 1. The molecule has 1 aliphatic heterocycles. The summed E-state index contributed by atoms with van der Waals surface area (Å²) in [6.45, 7) is 1.82. The fourth-order valence-electron chi connectivity index (χ4n) is 3.20. The van der Waals surface area contributed by atoms with E-state index in [1.54, 1.807) is 0 Å². The summed E-state index contributed by atoms with van der Waals surface area (Å²) in [5.74, 6) is 0. The van der Waals surface area contributed by atoms with Crippen LogP contribution in [0.5, 0.6) is 0 Å². The summed E-state index contributed by atoms with van der Waals surface area (Å²) in [5.41, 5.74) is -3.24. The van der Waals surface area contributed by atoms with Crippen molar-refractivity contribution in [1.29, 1.82) is 0 Å². The predicted molar refractivity (Wildman–Crippen MR) is 86.0 cm³/mol. The van der Waals surface area contributed by atoms with E-state index in [9.17, 15) is 18.0 Å². The Balaban J connectivity index is 2.40. The van der Waals surface area contributed by atoms with Gasteiger partial charge in [-0.05, 0) is 30.2 Å². The highest BCUT2D eigenvalue weighted by Gasteiger charge is 2.61. The van der Waals surface area contributed by atoms with E-state index in [2.05, 4.69) is 15.3 Å². The van der Waals surface area contributed by atoms with Crippen LogP contribution < -0.4 is 10.9 Å². The van der Waals surface area contributed by atoms with Crippen LogP contribution in [0.4, 0.5) is 24.5 Å². The van der Waals surface area contributed by atoms with Gasteiger partial charge in [-0.15, -0.1) is 0 Å². The van der Waals surface area contributed by atoms with Crippen LogP contribution in [-0.2, 0) is 5.41 Å². The third kappa shape index (κ3) is 2.38. The molecule has 4 nitrogen and oxygen atoms in total. The summed E-state index contributed by atoms with van der Waals surface area (Å²) in [6, 6.07) is 4.25. The largest absolute Gasteiger partial charge is 0.404 e. The van der Waals surface area contributed by atoms with E-state index >= 15 is 0 Å². The lowest BCUT2D eigenvalue weighted by Gasteiger charge is -2.41. The van der Waals surface area contributed by atoms with Gasteiger partial charge >= 0.3 is 6.18 Å². The number of benzene rings is 1. The molecule has 0 saturated carbocycles. The number of hydrogen-bond donors (Lipinski definition) is 2. The minimum atomic E-state index is -4.63. The number of fused-ring (bicyclic) bond motifs is 2. The van der Waals surface area contributed by atoms with Crippen LogP contribution in [0.3, 0.4) is 0 Å². The standard InChI is InChI=1S/C16H15ClF3N3O/c1-2-3-6-15(16(18,19)20)10-7-9(17)4-5-11(10)23-12-13(15)21-8-22-14(12)24/h4-5,7-8,23H,2-3,6H2,1H3,(H,21,22,24). The van der Waals surface area contributed by atoms with Crippen LogP contribution in [0.15, 0.2) is 29.3 Å². The highest BCUT2D eigenvalue weighted by Crippen LogP contribution is 2.55. The zero-order valence-corrected chi connectivity index (χ0v) is 13.6. The fourth-order valence-corrected chi connectivity index (χ4v) is 3.38. The number of alkyl halides is 3. The van der Waals surface area contributed by atoms with Gasteiger partial charge in [0.05, 0.1) is 12.0 Å². The molecule has 8 heteroatoms. The number of anilines is 2. The van der Waals surface area contributed by atoms with E-state index in [4.69, 9.17) is 11.6 Å². The first kappa shape index (κ1) is 16.8. The zero-order chi connectivity index (χ0) is 17.5. The molecule has 2 heterocycles. The van der Waals surface area contributed by atoms with Gasteiger partial charge in [0.15, 0.2) is 0 Å². The van der Waals surface area contributed by atoms with Crippen molar-refractivity contribution < 1.29 is 13.2 Å². The van der Waals surface area contributed by atoms with Gasteiger partial charge in [0.1, 0.15) is 11.1 Å². The average molecular weight is 358 g/mol. The van der Waals surface area contributed by atoms with Crippen LogP contribution in [0, 0.1) is 0 Å². The van der Waals surface area contributed by atoms with Crippen molar-refractivity contribution in [3.05, 3.63) is 51.2 Å². The second-order valence-corrected chi connectivity index (χ2v) is 6.21. The molecule has 0 saturated heterocycles. The van der Waals surface area contributed by atoms with Crippen molar-refractivity contribution in [2.75, 3.05) is 5.32 Å². The van der Waals surface area contributed by atoms with E-state index in [1.165, 1.54) is 18.2 Å². The van der Waals surface area contributed by atoms with Crippen molar-refractivity contribution in [2.45, 2.75) is 37.8 Å². The smallest absolute Gasteiger partial charge is 0.349 e. The van der Waals surface area contributed by atoms with Crippen molar-refractivity contribution in [1.82, 2.24) is 9.97 Å². The minimum absolute atomic E-state index is 0.00144. The third-order valence-electron chi connectivity index (χ3n) is 4.35. The molecule has 128 valence electrons. The van der Waals surface area contributed by atoms with Gasteiger partial charge in [0.2, 0.25) is 0 Å². The van der Waals surface area contributed by atoms with E-state index < -0.39 is 17.2 Å². The predicted octanol–water partition coefficient (Wildman–Crippen LogP) is 4.52. The van der Waals surface area contributed by atoms with Crippen LogP contribution in [0.1, 0.15) is 37.4 Å². The maximum Gasteiger partial charge on any atom is 0.404 e. The molecule has 0 amide bonds. The van der Waals surface area contributed by atoms with Crippen molar-refractivity contribution in [3.63, 3.8) is 0 Å². The summed E-state index contributed by atoms with van der Waals surface area (Å²) in [5, 5.41) is 2.98. The molecule has 0 aliphatic carbocycles. The normalized spacial score (nSPS) is 19.4. The molecule has 2 N–H and O–H groups in total. The van der Waals surface area contributed by atoms with Crippen molar-refractivity contribution in [3.8, 4) is 0 Å². The second kappa shape index (κ2) is 5.81. The molecule has 1 aromatic carbocycles. The van der Waals surface area contributed by atoms with E-state index in [0.29, 0.717) is 12.8 Å². The molecule has 1 unspecified atom stereocenters. The molecule has 0 fully saturated rings. The van der Waals surface area contributed by atoms with Crippen LogP contribution >= 0.6 is 11.6 Å². The molecule has 2 aromatic rings. The topological polar surface area (TPSA) is 57.8 Å². The average Bonchev–Trinajstić information content (AvgIpc) is 2.51. The molecular formula is C16H15ClF3N3O. The molecule has 1 aromatic heterocycles. The molecule has 0 radical (unpaired) electrons. The Hall–Kier alpha value is -2.02. The Bertz CT molecular complexity index is 834. The van der Waals surface area contributed by atoms with Gasteiger partial charge in [-0.2, -0.15) is 13.2 Å². The molecule has 0 bridgehead atoms. The summed E-state index contributed by atoms with van der Waals surface area (Å²) < 4.78 is 43.0. The van der Waals surface area contributed by atoms with E-state index in [1.807, 2.05) is 6.92 Å². The molecule has 24 heavy (non-hydrogen) atoms. The molecule has 1 aliphatic rings. The number of nitrogens with one attached hydrogen (secondary N) is 2. The number of rotatable bonds is 3. The maximum atomic E-state index is 14.3. The first-order valence-corrected chi connectivity index (χ1v) is 7.91. The number of unbranched alkanes of at least 4 members (excludes halogenated alkanes) is 1. The number of halogens is 4. The first-order chi connectivity index (χ1) is 11.3. The van der Waals surface area contributed by atoms with Gasteiger partial charge in [-0.25, -0.2) is 4.98 Å². The number of nitrogens with zero attached hydrogens (tertiary/aromatic N) is 1. The summed E-state index contributed by atoms with van der Waals surface area (Å²) in [4.78, 5) is 18.3. The van der Waals surface area contributed by atoms with Gasteiger partial charge in [0.25, 0.3) is 5.56 Å². The highest BCUT2D eigenvalue weighted by atomic mass is 35.5. The van der Waals surface area contributed by atoms with Crippen LogP contribution in [-0.4, -0.2) is 16.1 Å². The van der Waals surface area contributed by atoms with Gasteiger partial charge < -0.3 is 10.3 Å². The quantitative estimate of drug-likeness (QED) is 0.849. The molecule has 3 rings (SSSR count). The van der Waals surface area contributed by atoms with Gasteiger partial charge in [0, 0.05) is 10.7 Å². The summed E-state index contributed by atoms with van der Waals surface area (Å²) in [6.07, 6.45) is -2.91. The minimum Gasteiger partial charge on any atom is -0.349 e. The lowest BCUT2D eigenvalue weighted by atomic mass is 9.70. The Kier molecular flexibility index (Phi) is 4.07. The van der Waals surface area contributed by atoms with Crippen LogP contribution in [0.25, 0.3) is 0 Å². The summed E-state index contributed by atoms with van der Waals surface area (Å²) >= 11 is 5.96. The van der Waals surface area contributed by atoms with Crippen molar-refractivity contribution >= 4 is 23.0 Å². The lowest BCUT2D eigenvalue weighted by molar-refractivity contribution is -0.181. The number of hydrogen-bond acceptors (Lipinski definition) is 3. The molecular weight excluding hydrogens is 343 g/mol. The SMILES string of the molecule is CCCCC1(C(F)(F)F)c2cc(Cl)ccc2Nc2c1nc[nH]c2=O. The first-order valence-electron chi connectivity index (χ1n) is 7.53. The third-order valence-corrected chi connectivity index (χ3v) is 4.58. The van der Waals surface area contributed by atoms with Crippen molar-refractivity contribution in [2.24, 2.45) is 0 Å².